The highest BCUT2D eigenvalue weighted by atomic mass is 79.9. The molecule has 0 unspecified atom stereocenters. The van der Waals surface area contributed by atoms with Gasteiger partial charge in [-0.1, -0.05) is 36.4 Å². The molecule has 2 nitrogen and oxygen atoms in total. The standard InChI is InChI=1S/C17H12BrNO/c18-15-11-12(6-10-17(15)20)5-8-14-9-7-13-3-1-2-4-16(13)19-14/h1-11,20H/b8-5+. The largest absolute Gasteiger partial charge is 0.507 e. The maximum atomic E-state index is 9.46. The van der Waals surface area contributed by atoms with E-state index in [-0.39, 0.29) is 5.75 Å². The van der Waals surface area contributed by atoms with Crippen LogP contribution in [0.2, 0.25) is 0 Å². The van der Waals surface area contributed by atoms with E-state index in [2.05, 4.69) is 27.0 Å². The summed E-state index contributed by atoms with van der Waals surface area (Å²) < 4.78 is 0.686. The molecule has 1 aromatic heterocycles. The summed E-state index contributed by atoms with van der Waals surface area (Å²) in [6.07, 6.45) is 3.94. The average molecular weight is 326 g/mol. The summed E-state index contributed by atoms with van der Waals surface area (Å²) in [6.45, 7) is 0. The van der Waals surface area contributed by atoms with Crippen LogP contribution in [0.15, 0.2) is 59.1 Å². The number of aromatic hydroxyl groups is 1. The summed E-state index contributed by atoms with van der Waals surface area (Å²) in [4.78, 5) is 4.58. The van der Waals surface area contributed by atoms with Crippen molar-refractivity contribution in [3.8, 4) is 5.75 Å². The van der Waals surface area contributed by atoms with Crippen LogP contribution in [-0.2, 0) is 0 Å². The monoisotopic (exact) mass is 325 g/mol. The molecule has 0 aliphatic rings. The zero-order valence-electron chi connectivity index (χ0n) is 10.6. The van der Waals surface area contributed by atoms with Gasteiger partial charge in [-0.25, -0.2) is 4.98 Å². The van der Waals surface area contributed by atoms with E-state index in [1.54, 1.807) is 6.07 Å². The lowest BCUT2D eigenvalue weighted by atomic mass is 10.1. The first-order valence-corrected chi connectivity index (χ1v) is 7.04. The Hall–Kier alpha value is -2.13. The summed E-state index contributed by atoms with van der Waals surface area (Å²) in [5.74, 6) is 0.242. The summed E-state index contributed by atoms with van der Waals surface area (Å²) in [6, 6.07) is 17.5. The molecule has 0 amide bonds. The number of benzene rings is 2. The van der Waals surface area contributed by atoms with Gasteiger partial charge in [0.15, 0.2) is 0 Å². The molecule has 1 heterocycles. The first kappa shape index (κ1) is 12.9. The number of phenolic OH excluding ortho intramolecular Hbond substituents is 1. The molecule has 3 rings (SSSR count). The molecule has 20 heavy (non-hydrogen) atoms. The van der Waals surface area contributed by atoms with Gasteiger partial charge in [-0.3, -0.25) is 0 Å². The minimum Gasteiger partial charge on any atom is -0.507 e. The van der Waals surface area contributed by atoms with Crippen LogP contribution in [0.1, 0.15) is 11.3 Å². The number of rotatable bonds is 2. The molecule has 98 valence electrons. The number of para-hydroxylation sites is 1. The van der Waals surface area contributed by atoms with E-state index in [0.717, 1.165) is 22.2 Å². The predicted octanol–water partition coefficient (Wildman–Crippen LogP) is 4.87. The predicted molar refractivity (Wildman–Crippen MR) is 86.5 cm³/mol. The lowest BCUT2D eigenvalue weighted by Gasteiger charge is -2.00. The third-order valence-electron chi connectivity index (χ3n) is 3.04. The highest BCUT2D eigenvalue weighted by Crippen LogP contribution is 2.25. The molecule has 0 bridgehead atoms. The van der Waals surface area contributed by atoms with Gasteiger partial charge in [0.1, 0.15) is 5.75 Å². The highest BCUT2D eigenvalue weighted by molar-refractivity contribution is 9.10. The van der Waals surface area contributed by atoms with Crippen molar-refractivity contribution in [2.24, 2.45) is 0 Å². The summed E-state index contributed by atoms with van der Waals surface area (Å²) in [5.41, 5.74) is 2.90. The summed E-state index contributed by atoms with van der Waals surface area (Å²) in [7, 11) is 0. The van der Waals surface area contributed by atoms with E-state index in [4.69, 9.17) is 0 Å². The van der Waals surface area contributed by atoms with Crippen molar-refractivity contribution in [2.45, 2.75) is 0 Å². The van der Waals surface area contributed by atoms with E-state index in [1.165, 1.54) is 0 Å². The first-order valence-electron chi connectivity index (χ1n) is 6.25. The summed E-state index contributed by atoms with van der Waals surface area (Å²) >= 11 is 3.31. The molecular formula is C17H12BrNO. The fraction of sp³-hybridized carbons (Fsp3) is 0. The lowest BCUT2D eigenvalue weighted by Crippen LogP contribution is -1.82. The van der Waals surface area contributed by atoms with Crippen LogP contribution in [0.25, 0.3) is 23.1 Å². The Morgan fingerprint density at radius 2 is 1.80 bits per heavy atom. The van der Waals surface area contributed by atoms with Gasteiger partial charge in [0.2, 0.25) is 0 Å². The van der Waals surface area contributed by atoms with E-state index in [1.807, 2.05) is 54.6 Å². The Balaban J connectivity index is 1.91. The van der Waals surface area contributed by atoms with Crippen molar-refractivity contribution < 1.29 is 5.11 Å². The minimum absolute atomic E-state index is 0.242. The molecule has 3 aromatic rings. The van der Waals surface area contributed by atoms with E-state index < -0.39 is 0 Å². The second kappa shape index (κ2) is 5.47. The zero-order valence-corrected chi connectivity index (χ0v) is 12.2. The van der Waals surface area contributed by atoms with Crippen LogP contribution >= 0.6 is 15.9 Å². The summed E-state index contributed by atoms with van der Waals surface area (Å²) in [5, 5.41) is 10.6. The van der Waals surface area contributed by atoms with Crippen molar-refractivity contribution in [2.75, 3.05) is 0 Å². The van der Waals surface area contributed by atoms with Crippen LogP contribution in [-0.4, -0.2) is 10.1 Å². The van der Waals surface area contributed by atoms with E-state index in [0.29, 0.717) is 4.47 Å². The van der Waals surface area contributed by atoms with Gasteiger partial charge < -0.3 is 5.11 Å². The molecule has 0 radical (unpaired) electrons. The topological polar surface area (TPSA) is 33.1 Å². The average Bonchev–Trinajstić information content (AvgIpc) is 2.48. The smallest absolute Gasteiger partial charge is 0.129 e. The fourth-order valence-electron chi connectivity index (χ4n) is 1.98. The molecule has 0 fully saturated rings. The molecular weight excluding hydrogens is 314 g/mol. The van der Waals surface area contributed by atoms with E-state index in [9.17, 15) is 5.11 Å². The molecule has 1 N–H and O–H groups in total. The van der Waals surface area contributed by atoms with E-state index >= 15 is 0 Å². The third kappa shape index (κ3) is 2.73. The highest BCUT2D eigenvalue weighted by Gasteiger charge is 1.98. The van der Waals surface area contributed by atoms with Crippen LogP contribution in [0.3, 0.4) is 0 Å². The first-order chi connectivity index (χ1) is 9.72. The number of phenols is 1. The number of hydrogen-bond acceptors (Lipinski definition) is 2. The zero-order chi connectivity index (χ0) is 13.9. The number of halogens is 1. The Morgan fingerprint density at radius 3 is 2.65 bits per heavy atom. The third-order valence-corrected chi connectivity index (χ3v) is 3.67. The van der Waals surface area contributed by atoms with Crippen molar-refractivity contribution >= 4 is 39.0 Å². The number of aromatic nitrogens is 1. The minimum atomic E-state index is 0.242. The Bertz CT molecular complexity index is 796. The lowest BCUT2D eigenvalue weighted by molar-refractivity contribution is 0.472. The van der Waals surface area contributed by atoms with Crippen molar-refractivity contribution in [1.82, 2.24) is 4.98 Å². The van der Waals surface area contributed by atoms with Gasteiger partial charge in [-0.2, -0.15) is 0 Å². The Kier molecular flexibility index (Phi) is 3.52. The van der Waals surface area contributed by atoms with Crippen molar-refractivity contribution in [3.63, 3.8) is 0 Å². The normalized spacial score (nSPS) is 11.2. The number of pyridine rings is 1. The number of nitrogens with zero attached hydrogens (tertiary/aromatic N) is 1. The maximum Gasteiger partial charge on any atom is 0.129 e. The van der Waals surface area contributed by atoms with Crippen molar-refractivity contribution in [3.05, 3.63) is 70.3 Å². The molecule has 0 saturated heterocycles. The van der Waals surface area contributed by atoms with Crippen LogP contribution in [0, 0.1) is 0 Å². The second-order valence-corrected chi connectivity index (χ2v) is 5.33. The van der Waals surface area contributed by atoms with Gasteiger partial charge in [-0.05, 0) is 51.8 Å². The van der Waals surface area contributed by atoms with Crippen molar-refractivity contribution in [1.29, 1.82) is 0 Å². The van der Waals surface area contributed by atoms with Gasteiger partial charge >= 0.3 is 0 Å². The SMILES string of the molecule is Oc1ccc(/C=C/c2ccc3ccccc3n2)cc1Br. The number of hydrogen-bond donors (Lipinski definition) is 1. The Labute approximate surface area is 125 Å². The Morgan fingerprint density at radius 1 is 0.950 bits per heavy atom. The second-order valence-electron chi connectivity index (χ2n) is 4.47. The molecule has 3 heteroatoms. The van der Waals surface area contributed by atoms with Gasteiger partial charge in [0.05, 0.1) is 15.7 Å². The van der Waals surface area contributed by atoms with Crippen LogP contribution in [0.5, 0.6) is 5.75 Å². The molecule has 0 aliphatic heterocycles. The molecule has 0 spiro atoms. The maximum absolute atomic E-state index is 9.46. The van der Waals surface area contributed by atoms with Crippen LogP contribution < -0.4 is 0 Å². The van der Waals surface area contributed by atoms with Gasteiger partial charge in [0, 0.05) is 5.39 Å². The number of fused-ring (bicyclic) bond motifs is 1. The van der Waals surface area contributed by atoms with Gasteiger partial charge in [0.25, 0.3) is 0 Å². The molecule has 0 atom stereocenters. The fourth-order valence-corrected chi connectivity index (χ4v) is 2.38. The quantitative estimate of drug-likeness (QED) is 0.728. The molecule has 2 aromatic carbocycles. The molecule has 0 saturated carbocycles. The van der Waals surface area contributed by atoms with Crippen LogP contribution in [0.4, 0.5) is 0 Å². The van der Waals surface area contributed by atoms with Gasteiger partial charge in [-0.15, -0.1) is 0 Å². The molecule has 0 aliphatic carbocycles.